The number of amides is 1. The van der Waals surface area contributed by atoms with E-state index in [1.54, 1.807) is 24.8 Å². The average molecular weight is 487 g/mol. The van der Waals surface area contributed by atoms with Gasteiger partial charge in [-0.1, -0.05) is 6.07 Å². The number of hydrogen-bond donors (Lipinski definition) is 3. The summed E-state index contributed by atoms with van der Waals surface area (Å²) in [6, 6.07) is 3.85. The monoisotopic (exact) mass is 486 g/mol. The van der Waals surface area contributed by atoms with Crippen molar-refractivity contribution in [1.29, 1.82) is 0 Å². The smallest absolute Gasteiger partial charge is 0.248 e. The third kappa shape index (κ3) is 3.46. The number of fused-ring (bicyclic) bond motifs is 3. The number of aliphatic hydroxyl groups excluding tert-OH is 1. The van der Waals surface area contributed by atoms with Gasteiger partial charge in [0.2, 0.25) is 5.91 Å². The maximum Gasteiger partial charge on any atom is 0.248 e. The first-order valence-electron chi connectivity index (χ1n) is 12.0. The Bertz CT molecular complexity index is 1450. The lowest BCUT2D eigenvalue weighted by Crippen LogP contribution is -2.47. The average Bonchev–Trinajstić information content (AvgIpc) is 3.62. The molecule has 2 aliphatic heterocycles. The van der Waals surface area contributed by atoms with Crippen molar-refractivity contribution in [2.75, 3.05) is 12.3 Å². The number of nitrogens with two attached hydrogens (primary N) is 1. The number of carbonyl (C=O) groups excluding carboxylic acids is 2. The van der Waals surface area contributed by atoms with Crippen molar-refractivity contribution < 1.29 is 14.7 Å². The maximum atomic E-state index is 12.7. The summed E-state index contributed by atoms with van der Waals surface area (Å²) in [4.78, 5) is 43.6. The highest BCUT2D eigenvalue weighted by molar-refractivity contribution is 6.00. The van der Waals surface area contributed by atoms with Crippen LogP contribution in [0.25, 0.3) is 28.3 Å². The van der Waals surface area contributed by atoms with Crippen LogP contribution >= 0.6 is 0 Å². The van der Waals surface area contributed by atoms with Crippen molar-refractivity contribution in [2.45, 2.75) is 50.6 Å². The summed E-state index contributed by atoms with van der Waals surface area (Å²) in [5.41, 5.74) is 10.4. The van der Waals surface area contributed by atoms with E-state index in [-0.39, 0.29) is 35.5 Å². The summed E-state index contributed by atoms with van der Waals surface area (Å²) >= 11 is 0. The lowest BCUT2D eigenvalue weighted by Gasteiger charge is -2.39. The number of imidazole rings is 1. The van der Waals surface area contributed by atoms with Gasteiger partial charge in [-0.25, -0.2) is 9.97 Å². The summed E-state index contributed by atoms with van der Waals surface area (Å²) in [6.07, 6.45) is 9.95. The summed E-state index contributed by atoms with van der Waals surface area (Å²) < 4.78 is 1.51. The van der Waals surface area contributed by atoms with Gasteiger partial charge in [0.1, 0.15) is 18.1 Å². The van der Waals surface area contributed by atoms with Gasteiger partial charge in [0.25, 0.3) is 0 Å². The van der Waals surface area contributed by atoms with Crippen LogP contribution in [0.2, 0.25) is 0 Å². The van der Waals surface area contributed by atoms with Crippen molar-refractivity contribution in [3.63, 3.8) is 0 Å². The molecule has 2 bridgehead atoms. The molecule has 2 aliphatic rings. The van der Waals surface area contributed by atoms with Gasteiger partial charge in [0.05, 0.1) is 17.5 Å². The highest BCUT2D eigenvalue weighted by atomic mass is 16.3. The zero-order valence-electron chi connectivity index (χ0n) is 19.8. The molecule has 1 amide bonds. The highest BCUT2D eigenvalue weighted by Crippen LogP contribution is 2.44. The molecule has 4 aromatic rings. The van der Waals surface area contributed by atoms with Crippen molar-refractivity contribution in [3.8, 4) is 22.6 Å². The number of aromatic nitrogens is 6. The molecule has 184 valence electrons. The molecule has 36 heavy (non-hydrogen) atoms. The van der Waals surface area contributed by atoms with Gasteiger partial charge < -0.3 is 20.7 Å². The number of aliphatic hydroxyl groups is 1. The van der Waals surface area contributed by atoms with Crippen LogP contribution in [0.4, 0.5) is 5.82 Å². The molecule has 2 unspecified atom stereocenters. The van der Waals surface area contributed by atoms with Crippen LogP contribution < -0.4 is 5.73 Å². The number of Topliss-reactive ketones (excluding diaryl/α,β-unsaturated/α-hetero) is 1. The Labute approximate surface area is 206 Å². The number of rotatable bonds is 5. The predicted octanol–water partition coefficient (Wildman–Crippen LogP) is 2.20. The van der Waals surface area contributed by atoms with E-state index in [2.05, 4.69) is 20.1 Å². The molecule has 11 nitrogen and oxygen atoms in total. The molecule has 0 saturated carbocycles. The quantitative estimate of drug-likeness (QED) is 0.363. The molecule has 6 rings (SSSR count). The number of nitrogens with one attached hydrogen (secondary N) is 1. The number of pyridine rings is 1. The summed E-state index contributed by atoms with van der Waals surface area (Å²) in [5, 5.41) is 13.8. The Balaban J connectivity index is 1.42. The second-order valence-corrected chi connectivity index (χ2v) is 9.49. The SMILES string of the molecule is CC(=O)c1c(C2CC3CC[C@H](C2)N3C(=O)CO)nc2c(-c3ccc(-c4ncc[nH]4)nc3)cnn2c1N. The second kappa shape index (κ2) is 8.52. The van der Waals surface area contributed by atoms with Crippen LogP contribution in [-0.2, 0) is 4.79 Å². The molecule has 4 aromatic heterocycles. The molecular weight excluding hydrogens is 460 g/mol. The standard InChI is InChI=1S/C25H26N8O3/c1-13(35)21-22(15-8-16-3-4-17(9-15)32(16)20(36)12-34)31-25-18(11-30-33(25)23(21)26)14-2-5-19(29-10-14)24-27-6-7-28-24/h2,5-7,10-11,15-17,34H,3-4,8-9,12,26H2,1H3,(H,27,28)/t15?,16-,17?/m1/s1. The zero-order chi connectivity index (χ0) is 25.0. The van der Waals surface area contributed by atoms with Crippen LogP contribution in [0.1, 0.15) is 54.6 Å². The highest BCUT2D eigenvalue weighted by Gasteiger charge is 2.44. The molecule has 3 atom stereocenters. The van der Waals surface area contributed by atoms with Gasteiger partial charge in [0, 0.05) is 47.7 Å². The van der Waals surface area contributed by atoms with E-state index >= 15 is 0 Å². The van der Waals surface area contributed by atoms with E-state index in [1.807, 2.05) is 17.0 Å². The van der Waals surface area contributed by atoms with E-state index in [0.717, 1.165) is 24.0 Å². The second-order valence-electron chi connectivity index (χ2n) is 9.49. The largest absolute Gasteiger partial charge is 0.387 e. The Hall–Kier alpha value is -4.12. The Morgan fingerprint density at radius 1 is 1.17 bits per heavy atom. The fourth-order valence-corrected chi connectivity index (χ4v) is 5.88. The number of aromatic amines is 1. The van der Waals surface area contributed by atoms with Gasteiger partial charge in [0.15, 0.2) is 17.3 Å². The van der Waals surface area contributed by atoms with Gasteiger partial charge in [-0.3, -0.25) is 14.6 Å². The fourth-order valence-electron chi connectivity index (χ4n) is 5.88. The minimum Gasteiger partial charge on any atom is -0.387 e. The van der Waals surface area contributed by atoms with Crippen LogP contribution in [0, 0.1) is 0 Å². The number of nitrogen functional groups attached to an aromatic ring is 1. The summed E-state index contributed by atoms with van der Waals surface area (Å²) in [5.74, 6) is 0.505. The number of H-pyrrole nitrogens is 1. The Morgan fingerprint density at radius 3 is 2.56 bits per heavy atom. The molecule has 0 spiro atoms. The summed E-state index contributed by atoms with van der Waals surface area (Å²) in [7, 11) is 0. The van der Waals surface area contributed by atoms with Crippen molar-refractivity contribution in [1.82, 2.24) is 34.4 Å². The van der Waals surface area contributed by atoms with Crippen molar-refractivity contribution in [3.05, 3.63) is 48.2 Å². The lowest BCUT2D eigenvalue weighted by molar-refractivity contribution is -0.138. The number of ketones is 1. The van der Waals surface area contributed by atoms with E-state index < -0.39 is 6.61 Å². The normalized spacial score (nSPS) is 21.3. The first-order valence-corrected chi connectivity index (χ1v) is 12.0. The summed E-state index contributed by atoms with van der Waals surface area (Å²) in [6.45, 7) is 1.00. The molecule has 6 heterocycles. The minimum atomic E-state index is -0.487. The fraction of sp³-hybridized carbons (Fsp3) is 0.360. The Kier molecular flexibility index (Phi) is 5.29. The topological polar surface area (TPSA) is 155 Å². The predicted molar refractivity (Wildman–Crippen MR) is 131 cm³/mol. The number of piperidine rings is 1. The molecule has 0 aromatic carbocycles. The van der Waals surface area contributed by atoms with Gasteiger partial charge >= 0.3 is 0 Å². The first kappa shape index (κ1) is 22.4. The van der Waals surface area contributed by atoms with Crippen LogP contribution in [0.5, 0.6) is 0 Å². The van der Waals surface area contributed by atoms with E-state index in [0.29, 0.717) is 41.3 Å². The Morgan fingerprint density at radius 2 is 1.94 bits per heavy atom. The van der Waals surface area contributed by atoms with Crippen LogP contribution in [0.15, 0.2) is 36.9 Å². The molecule has 0 aliphatic carbocycles. The first-order chi connectivity index (χ1) is 17.5. The lowest BCUT2D eigenvalue weighted by atomic mass is 9.85. The molecule has 0 radical (unpaired) electrons. The molecule has 2 saturated heterocycles. The van der Waals surface area contributed by atoms with Crippen molar-refractivity contribution in [2.24, 2.45) is 0 Å². The van der Waals surface area contributed by atoms with Crippen molar-refractivity contribution >= 4 is 23.2 Å². The van der Waals surface area contributed by atoms with E-state index in [4.69, 9.17) is 10.7 Å². The maximum absolute atomic E-state index is 12.7. The number of hydrogen-bond acceptors (Lipinski definition) is 8. The van der Waals surface area contributed by atoms with Gasteiger partial charge in [-0.15, -0.1) is 0 Å². The number of anilines is 1. The van der Waals surface area contributed by atoms with E-state index in [9.17, 15) is 14.7 Å². The molecule has 2 fully saturated rings. The molecular formula is C25H26N8O3. The number of carbonyl (C=O) groups is 2. The molecule has 4 N–H and O–H groups in total. The van der Waals surface area contributed by atoms with Gasteiger partial charge in [-0.2, -0.15) is 9.61 Å². The van der Waals surface area contributed by atoms with E-state index in [1.165, 1.54) is 11.4 Å². The van der Waals surface area contributed by atoms with Gasteiger partial charge in [-0.05, 0) is 38.7 Å². The molecule has 11 heteroatoms. The minimum absolute atomic E-state index is 0.0233. The van der Waals surface area contributed by atoms with Crippen LogP contribution in [0.3, 0.4) is 0 Å². The third-order valence-electron chi connectivity index (χ3n) is 7.42. The zero-order valence-corrected chi connectivity index (χ0v) is 19.8. The van der Waals surface area contributed by atoms with Crippen LogP contribution in [-0.4, -0.2) is 69.9 Å². The number of nitrogens with zero attached hydrogens (tertiary/aromatic N) is 6. The third-order valence-corrected chi connectivity index (χ3v) is 7.42.